The summed E-state index contributed by atoms with van der Waals surface area (Å²) in [6.07, 6.45) is 2.29. The predicted octanol–water partition coefficient (Wildman–Crippen LogP) is 3.32. The van der Waals surface area contributed by atoms with Gasteiger partial charge in [-0.1, -0.05) is 30.2 Å². The number of nitrogens with zero attached hydrogens (tertiary/aromatic N) is 1. The summed E-state index contributed by atoms with van der Waals surface area (Å²) in [4.78, 5) is 12.5. The zero-order valence-corrected chi connectivity index (χ0v) is 18.6. The maximum Gasteiger partial charge on any atom is 0.245 e. The van der Waals surface area contributed by atoms with Crippen LogP contribution in [0.3, 0.4) is 0 Å². The van der Waals surface area contributed by atoms with Crippen LogP contribution in [0.2, 0.25) is 5.02 Å². The molecule has 162 valence electrons. The number of benzene rings is 2. The maximum absolute atomic E-state index is 13.0. The van der Waals surface area contributed by atoms with Gasteiger partial charge in [-0.15, -0.1) is 0 Å². The first kappa shape index (κ1) is 22.7. The van der Waals surface area contributed by atoms with E-state index < -0.39 is 31.5 Å². The zero-order valence-electron chi connectivity index (χ0n) is 16.3. The quantitative estimate of drug-likeness (QED) is 0.669. The molecule has 0 aliphatic carbocycles. The number of halogens is 1. The van der Waals surface area contributed by atoms with E-state index in [2.05, 4.69) is 5.32 Å². The third kappa shape index (κ3) is 5.40. The Bertz CT molecular complexity index is 1110. The largest absolute Gasteiger partial charge is 0.325 e. The van der Waals surface area contributed by atoms with Crippen molar-refractivity contribution in [3.05, 3.63) is 53.6 Å². The lowest BCUT2D eigenvalue weighted by atomic mass is 10.2. The SMILES string of the molecule is O=C(CCS(=O)(=O)c1ccc(Cl)cc1)Nc1ccccc1S(=O)(=O)N1CCCCC1. The number of hydrogen-bond acceptors (Lipinski definition) is 5. The standard InChI is InChI=1S/C20H23ClN2O5S2/c21-16-8-10-17(11-9-16)29(25,26)15-12-20(24)22-18-6-2-3-7-19(18)30(27,28)23-13-4-1-5-14-23/h2-3,6-11H,1,4-5,12-15H2,(H,22,24). The van der Waals surface area contributed by atoms with Crippen molar-refractivity contribution in [3.8, 4) is 0 Å². The van der Waals surface area contributed by atoms with Crippen LogP contribution in [0.4, 0.5) is 5.69 Å². The van der Waals surface area contributed by atoms with E-state index in [0.717, 1.165) is 19.3 Å². The van der Waals surface area contributed by atoms with E-state index in [1.54, 1.807) is 12.1 Å². The molecule has 10 heteroatoms. The van der Waals surface area contributed by atoms with Gasteiger partial charge >= 0.3 is 0 Å². The van der Waals surface area contributed by atoms with Gasteiger partial charge in [0.2, 0.25) is 15.9 Å². The molecule has 0 aromatic heterocycles. The number of amides is 1. The second-order valence-corrected chi connectivity index (χ2v) is 11.5. The summed E-state index contributed by atoms with van der Waals surface area (Å²) in [6.45, 7) is 0.897. The van der Waals surface area contributed by atoms with Crippen LogP contribution < -0.4 is 5.32 Å². The molecule has 2 aromatic carbocycles. The molecule has 7 nitrogen and oxygen atoms in total. The fourth-order valence-corrected chi connectivity index (χ4v) is 6.27. The van der Waals surface area contributed by atoms with E-state index in [-0.39, 0.29) is 21.9 Å². The summed E-state index contributed by atoms with van der Waals surface area (Å²) < 4.78 is 52.2. The average Bonchev–Trinajstić information content (AvgIpc) is 2.74. The van der Waals surface area contributed by atoms with E-state index in [1.165, 1.54) is 40.7 Å². The molecule has 0 radical (unpaired) electrons. The minimum Gasteiger partial charge on any atom is -0.325 e. The number of carbonyl (C=O) groups excluding carboxylic acids is 1. The van der Waals surface area contributed by atoms with E-state index in [1.807, 2.05) is 0 Å². The van der Waals surface area contributed by atoms with Crippen LogP contribution >= 0.6 is 11.6 Å². The molecular formula is C20H23ClN2O5S2. The van der Waals surface area contributed by atoms with Gasteiger partial charge in [0.05, 0.1) is 16.3 Å². The third-order valence-corrected chi connectivity index (χ3v) is 8.81. The number of sulfonamides is 1. The highest BCUT2D eigenvalue weighted by Crippen LogP contribution is 2.27. The molecule has 2 aromatic rings. The Morgan fingerprint density at radius 3 is 2.23 bits per heavy atom. The Labute approximate surface area is 182 Å². The molecule has 30 heavy (non-hydrogen) atoms. The van der Waals surface area contributed by atoms with E-state index in [0.29, 0.717) is 18.1 Å². The van der Waals surface area contributed by atoms with Crippen molar-refractivity contribution < 1.29 is 21.6 Å². The molecule has 1 aliphatic heterocycles. The summed E-state index contributed by atoms with van der Waals surface area (Å²) in [5.74, 6) is -0.976. The van der Waals surface area contributed by atoms with Gasteiger partial charge in [0, 0.05) is 24.5 Å². The summed E-state index contributed by atoms with van der Waals surface area (Å²) in [6, 6.07) is 11.9. The Morgan fingerprint density at radius 2 is 1.57 bits per heavy atom. The number of hydrogen-bond donors (Lipinski definition) is 1. The van der Waals surface area contributed by atoms with Gasteiger partial charge in [-0.2, -0.15) is 4.31 Å². The van der Waals surface area contributed by atoms with Gasteiger partial charge in [-0.25, -0.2) is 16.8 Å². The highest BCUT2D eigenvalue weighted by Gasteiger charge is 2.28. The molecule has 1 aliphatic rings. The van der Waals surface area contributed by atoms with Crippen molar-refractivity contribution in [2.24, 2.45) is 0 Å². The van der Waals surface area contributed by atoms with Crippen LogP contribution in [0.5, 0.6) is 0 Å². The predicted molar refractivity (Wildman–Crippen MR) is 116 cm³/mol. The van der Waals surface area contributed by atoms with Gasteiger partial charge in [0.1, 0.15) is 4.90 Å². The fourth-order valence-electron chi connectivity index (χ4n) is 3.24. The summed E-state index contributed by atoms with van der Waals surface area (Å²) >= 11 is 5.78. The topological polar surface area (TPSA) is 101 Å². The lowest BCUT2D eigenvalue weighted by Gasteiger charge is -2.26. The molecule has 0 spiro atoms. The van der Waals surface area contributed by atoms with Gasteiger partial charge in [-0.3, -0.25) is 4.79 Å². The molecular weight excluding hydrogens is 448 g/mol. The average molecular weight is 471 g/mol. The number of nitrogens with one attached hydrogen (secondary N) is 1. The maximum atomic E-state index is 13.0. The molecule has 0 bridgehead atoms. The summed E-state index contributed by atoms with van der Waals surface area (Å²) in [5.41, 5.74) is 0.150. The van der Waals surface area contributed by atoms with Crippen LogP contribution in [0.25, 0.3) is 0 Å². The van der Waals surface area contributed by atoms with Crippen molar-refractivity contribution in [2.75, 3.05) is 24.2 Å². The van der Waals surface area contributed by atoms with Crippen molar-refractivity contribution in [1.82, 2.24) is 4.31 Å². The number of anilines is 1. The molecule has 3 rings (SSSR count). The number of sulfone groups is 1. The minimum atomic E-state index is -3.74. The van der Waals surface area contributed by atoms with Crippen molar-refractivity contribution in [1.29, 1.82) is 0 Å². The van der Waals surface area contributed by atoms with E-state index in [9.17, 15) is 21.6 Å². The molecule has 1 amide bonds. The van der Waals surface area contributed by atoms with Crippen LogP contribution in [0.1, 0.15) is 25.7 Å². The monoisotopic (exact) mass is 470 g/mol. The summed E-state index contributed by atoms with van der Waals surface area (Å²) in [5, 5.41) is 2.97. The molecule has 0 atom stereocenters. The fraction of sp³-hybridized carbons (Fsp3) is 0.350. The van der Waals surface area contributed by atoms with E-state index in [4.69, 9.17) is 11.6 Å². The third-order valence-electron chi connectivity index (χ3n) is 4.86. The Hall–Kier alpha value is -1.94. The minimum absolute atomic E-state index is 0.0146. The van der Waals surface area contributed by atoms with E-state index >= 15 is 0 Å². The van der Waals surface area contributed by atoms with Gasteiger partial charge in [-0.05, 0) is 49.2 Å². The number of piperidine rings is 1. The van der Waals surface area contributed by atoms with Crippen molar-refractivity contribution in [2.45, 2.75) is 35.5 Å². The van der Waals surface area contributed by atoms with Crippen LogP contribution in [0, 0.1) is 0 Å². The Balaban J connectivity index is 1.71. The van der Waals surface area contributed by atoms with Crippen LogP contribution in [0.15, 0.2) is 58.3 Å². The second-order valence-electron chi connectivity index (χ2n) is 7.03. The lowest BCUT2D eigenvalue weighted by Crippen LogP contribution is -2.36. The summed E-state index contributed by atoms with van der Waals surface area (Å²) in [7, 11) is -7.41. The van der Waals surface area contributed by atoms with Gasteiger partial charge in [0.15, 0.2) is 9.84 Å². The van der Waals surface area contributed by atoms with Crippen molar-refractivity contribution >= 4 is 43.1 Å². The Kier molecular flexibility index (Phi) is 7.18. The van der Waals surface area contributed by atoms with Crippen LogP contribution in [-0.4, -0.2) is 45.9 Å². The second kappa shape index (κ2) is 9.47. The van der Waals surface area contributed by atoms with Gasteiger partial charge < -0.3 is 5.32 Å². The highest BCUT2D eigenvalue weighted by atomic mass is 35.5. The van der Waals surface area contributed by atoms with Crippen LogP contribution in [-0.2, 0) is 24.7 Å². The molecule has 1 heterocycles. The molecule has 1 fully saturated rings. The molecule has 0 unspecified atom stereocenters. The zero-order chi connectivity index (χ0) is 21.8. The normalized spacial score (nSPS) is 15.6. The Morgan fingerprint density at radius 1 is 0.933 bits per heavy atom. The number of carbonyl (C=O) groups is 1. The molecule has 1 saturated heterocycles. The molecule has 0 saturated carbocycles. The number of para-hydroxylation sites is 1. The van der Waals surface area contributed by atoms with Crippen molar-refractivity contribution in [3.63, 3.8) is 0 Å². The molecule has 1 N–H and O–H groups in total. The lowest BCUT2D eigenvalue weighted by molar-refractivity contribution is -0.115. The van der Waals surface area contributed by atoms with Gasteiger partial charge in [0.25, 0.3) is 0 Å². The first-order valence-electron chi connectivity index (χ1n) is 9.57. The highest BCUT2D eigenvalue weighted by molar-refractivity contribution is 7.91. The number of rotatable bonds is 7. The first-order chi connectivity index (χ1) is 14.2. The smallest absolute Gasteiger partial charge is 0.245 e. The first-order valence-corrected chi connectivity index (χ1v) is 13.0.